The summed E-state index contributed by atoms with van der Waals surface area (Å²) < 4.78 is 24.9. The Balaban J connectivity index is 0.000000257. The summed E-state index contributed by atoms with van der Waals surface area (Å²) in [5.74, 6) is -0.859. The molecule has 8 nitrogen and oxygen atoms in total. The second-order valence-electron chi connectivity index (χ2n) is 33.6. The highest BCUT2D eigenvalue weighted by Crippen LogP contribution is 2.28. The molecule has 0 aromatic heterocycles. The maximum atomic E-state index is 11.4. The molecule has 0 amide bonds. The van der Waals surface area contributed by atoms with Crippen LogP contribution in [0.15, 0.2) is 275 Å². The van der Waals surface area contributed by atoms with Crippen molar-refractivity contribution in [3.8, 4) is 0 Å². The zero-order chi connectivity index (χ0) is 93.5. The zero-order valence-electron chi connectivity index (χ0n) is 81.3. The first-order valence-corrected chi connectivity index (χ1v) is 48.8. The van der Waals surface area contributed by atoms with Crippen molar-refractivity contribution in [2.45, 2.75) is 261 Å². The lowest BCUT2D eigenvalue weighted by molar-refractivity contribution is -0.138. The Morgan fingerprint density at radius 3 is 0.892 bits per heavy atom. The maximum Gasteiger partial charge on any atom is 0.330 e. The topological polar surface area (TPSA) is 97.4 Å². The molecule has 0 fully saturated rings. The average Bonchev–Trinajstić information content (AvgIpc) is 0.832. The van der Waals surface area contributed by atoms with Gasteiger partial charge in [-0.25, -0.2) is 14.4 Å². The van der Waals surface area contributed by atoms with E-state index in [1.165, 1.54) is 229 Å². The number of hydrogen-bond acceptors (Lipinski definition) is 8. The van der Waals surface area contributed by atoms with Crippen LogP contribution in [-0.4, -0.2) is 65.2 Å². The van der Waals surface area contributed by atoms with Gasteiger partial charge in [-0.3, -0.25) is 0 Å². The fraction of sp³-hybridized carbons (Fsp3) is 0.385. The Labute approximate surface area is 787 Å². The number of unbranched alkanes of at least 4 members (excludes halogenated alkanes) is 12. The van der Waals surface area contributed by atoms with Gasteiger partial charge in [-0.05, 0) is 285 Å². The summed E-state index contributed by atoms with van der Waals surface area (Å²) in [5, 5.41) is 0. The fourth-order valence-corrected chi connectivity index (χ4v) is 14.4. The maximum absolute atomic E-state index is 11.4. The Hall–Kier alpha value is -11.0. The lowest BCUT2D eigenvalue weighted by atomic mass is 9.86. The number of methoxy groups -OCH3 is 2. The largest absolute Gasteiger partial charge is 0.463 e. The molecule has 8 heteroatoms. The number of hydrogen-bond donors (Lipinski definition) is 0. The van der Waals surface area contributed by atoms with Crippen molar-refractivity contribution in [2.24, 2.45) is 0 Å². The Bertz CT molecular complexity index is 4830. The highest BCUT2D eigenvalue weighted by atomic mass is 16.5. The number of aryl methyl sites for hydroxylation is 15. The normalized spacial score (nSPS) is 11.5. The van der Waals surface area contributed by atoms with Crippen LogP contribution < -0.4 is 0 Å². The predicted octanol–water partition coefficient (Wildman–Crippen LogP) is 31.0. The first-order valence-electron chi connectivity index (χ1n) is 48.8. The van der Waals surface area contributed by atoms with Crippen LogP contribution >= 0.6 is 0 Å². The first-order chi connectivity index (χ1) is 63.6. The fourth-order valence-electron chi connectivity index (χ4n) is 14.4. The van der Waals surface area contributed by atoms with Crippen molar-refractivity contribution in [1.82, 2.24) is 0 Å². The Kier molecular flexibility index (Phi) is 59.6. The highest BCUT2D eigenvalue weighted by molar-refractivity contribution is 5.88. The summed E-state index contributed by atoms with van der Waals surface area (Å²) in [4.78, 5) is 33.8. The summed E-state index contributed by atoms with van der Waals surface area (Å²) >= 11 is 0. The minimum atomic E-state index is -0.300. The number of carbonyl (C=O) groups excluding carboxylic acids is 3. The van der Waals surface area contributed by atoms with E-state index in [0.29, 0.717) is 26.4 Å². The molecule has 0 saturated carbocycles. The SMILES string of the molecule is C=Cc1cccc(C)c1.C=Cc1cccc(CCCC)c1.C=Cc1cccc(CCCCCC)c1.CCCCCCc1ccc2c(c1)CC2.CCCCc1ccc2c(c1)CC2.CCCOC(=O)/C=C/c1ccccc1.CCc1ccc2c(c1)CC2.COCCCCCCOC(=O)/C=C/c1ccccc1.COCCCCOC(=O)/C=C/c1ccccc1.Cc1ccc2c(c1)CC2. The van der Waals surface area contributed by atoms with E-state index in [1.54, 1.807) is 82.5 Å². The van der Waals surface area contributed by atoms with Gasteiger partial charge in [0.25, 0.3) is 0 Å². The molecule has 0 saturated heterocycles. The van der Waals surface area contributed by atoms with Gasteiger partial charge in [0, 0.05) is 45.7 Å². The number of carbonyl (C=O) groups is 3. The van der Waals surface area contributed by atoms with Crippen LogP contribution in [-0.2, 0) is 122 Å². The lowest BCUT2D eigenvalue weighted by Gasteiger charge is -2.19. The zero-order valence-corrected chi connectivity index (χ0v) is 81.3. The molecule has 0 heterocycles. The van der Waals surface area contributed by atoms with E-state index in [1.807, 2.05) is 128 Å². The van der Waals surface area contributed by atoms with E-state index in [-0.39, 0.29) is 17.9 Å². The second-order valence-corrected chi connectivity index (χ2v) is 33.6. The summed E-state index contributed by atoms with van der Waals surface area (Å²) in [6.45, 7) is 31.5. The molecule has 4 aliphatic rings. The first kappa shape index (κ1) is 109. The van der Waals surface area contributed by atoms with Crippen molar-refractivity contribution in [3.05, 3.63) is 391 Å². The van der Waals surface area contributed by atoms with Gasteiger partial charge in [-0.1, -0.05) is 385 Å². The van der Waals surface area contributed by atoms with Crippen molar-refractivity contribution < 1.29 is 38.1 Å². The van der Waals surface area contributed by atoms with Crippen molar-refractivity contribution in [3.63, 3.8) is 0 Å². The minimum Gasteiger partial charge on any atom is -0.463 e. The van der Waals surface area contributed by atoms with Crippen LogP contribution in [0, 0.1) is 13.8 Å². The number of ether oxygens (including phenoxy) is 5. The third-order valence-electron chi connectivity index (χ3n) is 22.7. The van der Waals surface area contributed by atoms with Crippen molar-refractivity contribution in [1.29, 1.82) is 0 Å². The smallest absolute Gasteiger partial charge is 0.330 e. The van der Waals surface area contributed by atoms with Gasteiger partial charge in [-0.2, -0.15) is 0 Å². The van der Waals surface area contributed by atoms with Crippen molar-refractivity contribution in [2.75, 3.05) is 47.3 Å². The van der Waals surface area contributed by atoms with Crippen molar-refractivity contribution >= 4 is 54.4 Å². The molecule has 0 spiro atoms. The summed E-state index contributed by atoms with van der Waals surface area (Å²) in [7, 11) is 3.37. The van der Waals surface area contributed by atoms with E-state index < -0.39 is 0 Å². The van der Waals surface area contributed by atoms with Crippen LogP contribution in [0.1, 0.15) is 280 Å². The molecule has 14 rings (SSSR count). The number of esters is 3. The van der Waals surface area contributed by atoms with Gasteiger partial charge in [0.15, 0.2) is 0 Å². The quantitative estimate of drug-likeness (QED) is 0.0162. The molecule has 0 aliphatic heterocycles. The van der Waals surface area contributed by atoms with Gasteiger partial charge in [0.05, 0.1) is 19.8 Å². The van der Waals surface area contributed by atoms with Crippen LogP contribution in [0.5, 0.6) is 0 Å². The second kappa shape index (κ2) is 70.8. The van der Waals surface area contributed by atoms with E-state index in [4.69, 9.17) is 23.7 Å². The molecule has 0 bridgehead atoms. The molecule has 694 valence electrons. The van der Waals surface area contributed by atoms with E-state index >= 15 is 0 Å². The van der Waals surface area contributed by atoms with Crippen LogP contribution in [0.25, 0.3) is 36.5 Å². The molecular formula is C122H158O8. The molecule has 0 atom stereocenters. The predicted molar refractivity (Wildman–Crippen MR) is 558 cm³/mol. The summed E-state index contributed by atoms with van der Waals surface area (Å²) in [6.07, 6.45) is 54.7. The Morgan fingerprint density at radius 2 is 0.562 bits per heavy atom. The summed E-state index contributed by atoms with van der Waals surface area (Å²) in [5.41, 5.74) is 29.4. The monoisotopic (exact) mass is 1750 g/mol. The number of fused-ring (bicyclic) bond motifs is 4. The van der Waals surface area contributed by atoms with Crippen LogP contribution in [0.3, 0.4) is 0 Å². The standard InChI is InChI=1S/C16H22O3.C14H18O3.2C14H20.C12H14O2.2C12H16.C10H12.2C9H10/c1-18-13-7-2-3-8-14-19-16(17)12-11-15-9-5-4-6-10-15;1-16-11-5-6-12-17-14(15)10-9-13-7-3-2-4-8-13;1-2-3-4-5-6-12-7-8-13-9-10-14(13)11-12;1-3-5-6-7-9-14-11-8-10-13(4-2)12-14;1-2-10-14-12(13)9-8-11-6-4-3-5-7-11;1-2-3-4-10-5-6-11-7-8-12(11)9-10;1-3-5-7-12-9-6-8-11(4-2)10-12;1-2-8-3-4-9-5-6-10(9)7-8;1-7-2-3-8-4-5-9(8)6-7;1-3-9-6-4-5-8(2)7-9/h4-6,9-12H,2-3,7-8,13-14H2,1H3;2-4,7-10H,5-6,11-12H2,1H3;7-8,11H,2-6,9-10H2,1H3;4,8,10-12H,2-3,5-7,9H2,1H3;3-9H,2,10H2,1H3;5-6,9H,2-4,7-8H2,1H3;4,6,8-10H,2-3,5,7H2,1H3;3-4,7H,2,5-6H2,1H3;2-3,6H,4-5H2,1H3;3-7H,1H2,2H3/b12-11+;10-9+;;;9-8+;;;;;. The van der Waals surface area contributed by atoms with Crippen LogP contribution in [0.2, 0.25) is 0 Å². The average molecular weight is 1750 g/mol. The van der Waals surface area contributed by atoms with Gasteiger partial charge in [0.1, 0.15) is 0 Å². The third-order valence-corrected chi connectivity index (χ3v) is 22.7. The lowest BCUT2D eigenvalue weighted by Crippen LogP contribution is -2.08. The highest BCUT2D eigenvalue weighted by Gasteiger charge is 2.15. The molecule has 0 unspecified atom stereocenters. The number of benzene rings is 10. The molecule has 10 aromatic rings. The molecule has 0 radical (unpaired) electrons. The third kappa shape index (κ3) is 49.7. The Morgan fingerprint density at radius 1 is 0.262 bits per heavy atom. The van der Waals surface area contributed by atoms with E-state index in [2.05, 4.69) is 202 Å². The van der Waals surface area contributed by atoms with Crippen LogP contribution in [0.4, 0.5) is 0 Å². The van der Waals surface area contributed by atoms with Gasteiger partial charge >= 0.3 is 17.9 Å². The molecule has 130 heavy (non-hydrogen) atoms. The molecule has 4 aliphatic carbocycles. The molecular weight excluding hydrogens is 1590 g/mol. The van der Waals surface area contributed by atoms with E-state index in [9.17, 15) is 14.4 Å². The van der Waals surface area contributed by atoms with E-state index in [0.717, 1.165) is 68.2 Å². The van der Waals surface area contributed by atoms with Gasteiger partial charge in [-0.15, -0.1) is 0 Å². The summed E-state index contributed by atoms with van der Waals surface area (Å²) in [6, 6.07) is 82.2. The van der Waals surface area contributed by atoms with Gasteiger partial charge in [0.2, 0.25) is 0 Å². The molecule has 0 N–H and O–H groups in total. The van der Waals surface area contributed by atoms with Gasteiger partial charge < -0.3 is 23.7 Å². The molecule has 10 aromatic carbocycles. The minimum absolute atomic E-state index is 0.277. The number of rotatable bonds is 40.